The van der Waals surface area contributed by atoms with Gasteiger partial charge >= 0.3 is 0 Å². The first kappa shape index (κ1) is 15.8. The Balaban J connectivity index is 1.70. The molecule has 0 radical (unpaired) electrons. The highest BCUT2D eigenvalue weighted by Gasteiger charge is 2.30. The van der Waals surface area contributed by atoms with Crippen LogP contribution in [-0.4, -0.2) is 48.2 Å². The van der Waals surface area contributed by atoms with E-state index in [4.69, 9.17) is 5.11 Å². The second kappa shape index (κ2) is 7.41. The average molecular weight is 282 g/mol. The summed E-state index contributed by atoms with van der Waals surface area (Å²) in [6, 6.07) is 0.337. The van der Waals surface area contributed by atoms with E-state index in [1.807, 2.05) is 0 Å². The van der Waals surface area contributed by atoms with Gasteiger partial charge in [-0.05, 0) is 50.5 Å². The number of hydrogen-bond acceptors (Lipinski definition) is 3. The lowest BCUT2D eigenvalue weighted by Crippen LogP contribution is -2.42. The standard InChI is InChI=1S/C16H30N2O2/c1-12(2)9-18-8-7-14(10-18)16(20)17-15-5-3-13(11-19)4-6-15/h12-15,19H,3-11H2,1-2H3,(H,17,20). The largest absolute Gasteiger partial charge is 0.396 e. The third kappa shape index (κ3) is 4.45. The molecule has 0 bridgehead atoms. The number of carbonyl (C=O) groups excluding carboxylic acids is 1. The molecule has 1 unspecified atom stereocenters. The fraction of sp³-hybridized carbons (Fsp3) is 0.938. The van der Waals surface area contributed by atoms with Crippen LogP contribution in [0.4, 0.5) is 0 Å². The van der Waals surface area contributed by atoms with Gasteiger partial charge in [-0.15, -0.1) is 0 Å². The molecular weight excluding hydrogens is 252 g/mol. The molecule has 4 nitrogen and oxygen atoms in total. The highest BCUT2D eigenvalue weighted by atomic mass is 16.3. The van der Waals surface area contributed by atoms with Crippen LogP contribution >= 0.6 is 0 Å². The molecule has 4 heteroatoms. The first-order chi connectivity index (χ1) is 9.58. The summed E-state index contributed by atoms with van der Waals surface area (Å²) in [6.07, 6.45) is 5.15. The van der Waals surface area contributed by atoms with Crippen LogP contribution in [0, 0.1) is 17.8 Å². The molecule has 2 fully saturated rings. The van der Waals surface area contributed by atoms with Crippen molar-refractivity contribution in [3.8, 4) is 0 Å². The summed E-state index contributed by atoms with van der Waals surface area (Å²) in [4.78, 5) is 14.7. The van der Waals surface area contributed by atoms with Crippen LogP contribution < -0.4 is 5.32 Å². The van der Waals surface area contributed by atoms with Crippen molar-refractivity contribution < 1.29 is 9.90 Å². The van der Waals surface area contributed by atoms with Crippen LogP contribution in [0.2, 0.25) is 0 Å². The smallest absolute Gasteiger partial charge is 0.224 e. The summed E-state index contributed by atoms with van der Waals surface area (Å²) >= 11 is 0. The molecule has 1 aliphatic heterocycles. The molecule has 0 aromatic carbocycles. The molecule has 1 heterocycles. The summed E-state index contributed by atoms with van der Waals surface area (Å²) in [7, 11) is 0. The van der Waals surface area contributed by atoms with E-state index in [0.29, 0.717) is 24.5 Å². The van der Waals surface area contributed by atoms with Crippen LogP contribution in [0.3, 0.4) is 0 Å². The minimum Gasteiger partial charge on any atom is -0.396 e. The normalized spacial score (nSPS) is 31.7. The quantitative estimate of drug-likeness (QED) is 0.806. The van der Waals surface area contributed by atoms with Gasteiger partial charge in [-0.1, -0.05) is 13.8 Å². The highest BCUT2D eigenvalue weighted by molar-refractivity contribution is 5.79. The van der Waals surface area contributed by atoms with Crippen molar-refractivity contribution in [2.24, 2.45) is 17.8 Å². The predicted molar refractivity (Wildman–Crippen MR) is 80.4 cm³/mol. The summed E-state index contributed by atoms with van der Waals surface area (Å²) in [5.74, 6) is 1.56. The molecule has 1 aliphatic carbocycles. The van der Waals surface area contributed by atoms with Crippen molar-refractivity contribution in [3.63, 3.8) is 0 Å². The Bertz CT molecular complexity index is 312. The number of nitrogens with zero attached hydrogens (tertiary/aromatic N) is 1. The van der Waals surface area contributed by atoms with E-state index in [-0.39, 0.29) is 11.8 Å². The summed E-state index contributed by atoms with van der Waals surface area (Å²) < 4.78 is 0. The zero-order valence-corrected chi connectivity index (χ0v) is 13.0. The zero-order chi connectivity index (χ0) is 14.5. The topological polar surface area (TPSA) is 52.6 Å². The zero-order valence-electron chi connectivity index (χ0n) is 13.0. The number of likely N-dealkylation sites (tertiary alicyclic amines) is 1. The summed E-state index contributed by atoms with van der Waals surface area (Å²) in [6.45, 7) is 7.85. The Morgan fingerprint density at radius 3 is 2.55 bits per heavy atom. The van der Waals surface area contributed by atoms with E-state index in [1.165, 1.54) is 0 Å². The Morgan fingerprint density at radius 2 is 1.95 bits per heavy atom. The second-order valence-electron chi connectivity index (χ2n) is 7.05. The number of amides is 1. The van der Waals surface area contributed by atoms with E-state index in [1.54, 1.807) is 0 Å². The van der Waals surface area contributed by atoms with Gasteiger partial charge in [0.25, 0.3) is 0 Å². The van der Waals surface area contributed by atoms with Gasteiger partial charge in [-0.2, -0.15) is 0 Å². The van der Waals surface area contributed by atoms with Crippen molar-refractivity contribution in [1.29, 1.82) is 0 Å². The molecule has 1 atom stereocenters. The van der Waals surface area contributed by atoms with Crippen LogP contribution in [-0.2, 0) is 4.79 Å². The first-order valence-electron chi connectivity index (χ1n) is 8.22. The summed E-state index contributed by atoms with van der Waals surface area (Å²) in [5, 5.41) is 12.4. The van der Waals surface area contributed by atoms with E-state index in [0.717, 1.165) is 51.7 Å². The molecule has 0 spiro atoms. The first-order valence-corrected chi connectivity index (χ1v) is 8.22. The number of nitrogens with one attached hydrogen (secondary N) is 1. The molecular formula is C16H30N2O2. The minimum absolute atomic E-state index is 0.185. The average Bonchev–Trinajstić information content (AvgIpc) is 2.87. The molecule has 2 N–H and O–H groups in total. The summed E-state index contributed by atoms with van der Waals surface area (Å²) in [5.41, 5.74) is 0. The minimum atomic E-state index is 0.185. The second-order valence-corrected chi connectivity index (χ2v) is 7.05. The van der Waals surface area contributed by atoms with Gasteiger partial charge in [0, 0.05) is 25.7 Å². The molecule has 2 rings (SSSR count). The predicted octanol–water partition coefficient (Wildman–Crippen LogP) is 1.63. The molecule has 20 heavy (non-hydrogen) atoms. The van der Waals surface area contributed by atoms with Crippen molar-refractivity contribution in [3.05, 3.63) is 0 Å². The number of aliphatic hydroxyl groups is 1. The lowest BCUT2D eigenvalue weighted by atomic mass is 9.86. The monoisotopic (exact) mass is 282 g/mol. The number of hydrogen-bond donors (Lipinski definition) is 2. The van der Waals surface area contributed by atoms with E-state index >= 15 is 0 Å². The van der Waals surface area contributed by atoms with Gasteiger partial charge in [-0.3, -0.25) is 4.79 Å². The van der Waals surface area contributed by atoms with Crippen LogP contribution in [0.5, 0.6) is 0 Å². The lowest BCUT2D eigenvalue weighted by molar-refractivity contribution is -0.125. The Labute approximate surface area is 122 Å². The van der Waals surface area contributed by atoms with Gasteiger partial charge in [0.1, 0.15) is 0 Å². The fourth-order valence-electron chi connectivity index (χ4n) is 3.54. The SMILES string of the molecule is CC(C)CN1CCC(C(=O)NC2CCC(CO)CC2)C1. The van der Waals surface area contributed by atoms with Gasteiger partial charge in [-0.25, -0.2) is 0 Å². The molecule has 1 saturated heterocycles. The van der Waals surface area contributed by atoms with Gasteiger partial charge in [0.05, 0.1) is 5.92 Å². The molecule has 1 amide bonds. The highest BCUT2D eigenvalue weighted by Crippen LogP contribution is 2.25. The third-order valence-corrected chi connectivity index (χ3v) is 4.72. The Morgan fingerprint density at radius 1 is 1.25 bits per heavy atom. The maximum atomic E-state index is 12.3. The maximum absolute atomic E-state index is 12.3. The van der Waals surface area contributed by atoms with E-state index in [9.17, 15) is 4.79 Å². The van der Waals surface area contributed by atoms with Crippen molar-refractivity contribution in [2.45, 2.75) is 52.0 Å². The van der Waals surface area contributed by atoms with Crippen molar-refractivity contribution >= 4 is 5.91 Å². The maximum Gasteiger partial charge on any atom is 0.224 e. The van der Waals surface area contributed by atoms with Crippen molar-refractivity contribution in [2.75, 3.05) is 26.2 Å². The van der Waals surface area contributed by atoms with Gasteiger partial charge in [0.15, 0.2) is 0 Å². The van der Waals surface area contributed by atoms with Gasteiger partial charge in [0.2, 0.25) is 5.91 Å². The van der Waals surface area contributed by atoms with Crippen LogP contribution in [0.25, 0.3) is 0 Å². The van der Waals surface area contributed by atoms with Crippen LogP contribution in [0.15, 0.2) is 0 Å². The number of aliphatic hydroxyl groups excluding tert-OH is 1. The third-order valence-electron chi connectivity index (χ3n) is 4.72. The Kier molecular flexibility index (Phi) is 5.85. The Hall–Kier alpha value is -0.610. The molecule has 2 aliphatic rings. The number of rotatable bonds is 5. The molecule has 0 aromatic heterocycles. The van der Waals surface area contributed by atoms with E-state index < -0.39 is 0 Å². The number of carbonyl (C=O) groups is 1. The lowest BCUT2D eigenvalue weighted by Gasteiger charge is -2.28. The molecule has 1 saturated carbocycles. The fourth-order valence-corrected chi connectivity index (χ4v) is 3.54. The molecule has 116 valence electrons. The van der Waals surface area contributed by atoms with E-state index in [2.05, 4.69) is 24.1 Å². The van der Waals surface area contributed by atoms with Crippen molar-refractivity contribution in [1.82, 2.24) is 10.2 Å². The molecule has 0 aromatic rings. The van der Waals surface area contributed by atoms with Gasteiger partial charge < -0.3 is 15.3 Å². The van der Waals surface area contributed by atoms with Crippen LogP contribution in [0.1, 0.15) is 46.0 Å².